The van der Waals surface area contributed by atoms with Crippen LogP contribution in [0.25, 0.3) is 6.08 Å². The molecule has 0 aliphatic carbocycles. The van der Waals surface area contributed by atoms with E-state index in [4.69, 9.17) is 14.2 Å². The van der Waals surface area contributed by atoms with Gasteiger partial charge in [-0.1, -0.05) is 45.8 Å². The second kappa shape index (κ2) is 10.3. The van der Waals surface area contributed by atoms with E-state index in [0.29, 0.717) is 12.4 Å². The van der Waals surface area contributed by atoms with Crippen LogP contribution in [0.4, 0.5) is 0 Å². The van der Waals surface area contributed by atoms with Crippen molar-refractivity contribution in [3.05, 3.63) is 69.2 Å². The second-order valence-corrected chi connectivity index (χ2v) is 9.38. The van der Waals surface area contributed by atoms with Gasteiger partial charge in [0.05, 0.1) is 19.6 Å². The fourth-order valence-electron chi connectivity index (χ4n) is 3.34. The number of halogens is 1. The van der Waals surface area contributed by atoms with Gasteiger partial charge in [0.15, 0.2) is 0 Å². The van der Waals surface area contributed by atoms with Gasteiger partial charge in [0.25, 0.3) is 0 Å². The van der Waals surface area contributed by atoms with Crippen molar-refractivity contribution < 1.29 is 19.0 Å². The van der Waals surface area contributed by atoms with Gasteiger partial charge in [0.2, 0.25) is 0 Å². The molecule has 5 heteroatoms. The Morgan fingerprint density at radius 1 is 1.13 bits per heavy atom. The predicted octanol–water partition coefficient (Wildman–Crippen LogP) is 6.11. The third-order valence-corrected chi connectivity index (χ3v) is 5.07. The lowest BCUT2D eigenvalue weighted by molar-refractivity contribution is -0.153. The van der Waals surface area contributed by atoms with Crippen molar-refractivity contribution in [2.75, 3.05) is 13.2 Å². The average molecular weight is 473 g/mol. The van der Waals surface area contributed by atoms with Gasteiger partial charge in [-0.25, -0.2) is 0 Å². The van der Waals surface area contributed by atoms with E-state index in [1.54, 1.807) is 0 Å². The molecule has 3 rings (SSSR count). The minimum Gasteiger partial charge on any atom is -0.489 e. The minimum atomic E-state index is -0.501. The van der Waals surface area contributed by atoms with Crippen LogP contribution in [0.1, 0.15) is 50.3 Å². The fourth-order valence-corrected chi connectivity index (χ4v) is 3.90. The zero-order valence-electron chi connectivity index (χ0n) is 17.9. The molecule has 0 unspecified atom stereocenters. The highest BCUT2D eigenvalue weighted by molar-refractivity contribution is 9.10. The van der Waals surface area contributed by atoms with E-state index in [9.17, 15) is 4.79 Å². The number of carbonyl (C=O) groups excluding carboxylic acids is 1. The summed E-state index contributed by atoms with van der Waals surface area (Å²) in [7, 11) is 0. The highest BCUT2D eigenvalue weighted by atomic mass is 79.9. The maximum absolute atomic E-state index is 12.2. The Morgan fingerprint density at radius 3 is 2.60 bits per heavy atom. The molecule has 2 aromatic carbocycles. The Bertz CT molecular complexity index is 904. The summed E-state index contributed by atoms with van der Waals surface area (Å²) in [5, 5.41) is 0. The normalized spacial score (nSPS) is 14.3. The highest BCUT2D eigenvalue weighted by Gasteiger charge is 2.18. The number of rotatable bonds is 6. The molecule has 0 radical (unpaired) electrons. The highest BCUT2D eigenvalue weighted by Crippen LogP contribution is 2.25. The second-order valence-electron chi connectivity index (χ2n) is 8.47. The summed E-state index contributed by atoms with van der Waals surface area (Å²) in [5.74, 6) is 0.444. The Kier molecular flexibility index (Phi) is 7.73. The summed E-state index contributed by atoms with van der Waals surface area (Å²) in [6.07, 6.45) is 4.39. The molecule has 0 atom stereocenters. The molecule has 4 nitrogen and oxygen atoms in total. The summed E-state index contributed by atoms with van der Waals surface area (Å²) < 4.78 is 18.0. The third kappa shape index (κ3) is 7.29. The van der Waals surface area contributed by atoms with Crippen LogP contribution in [0.3, 0.4) is 0 Å². The molecule has 0 saturated carbocycles. The van der Waals surface area contributed by atoms with Crippen molar-refractivity contribution in [2.24, 2.45) is 0 Å². The van der Waals surface area contributed by atoms with E-state index in [0.717, 1.165) is 47.2 Å². The molecule has 0 bridgehead atoms. The molecule has 1 aliphatic rings. The van der Waals surface area contributed by atoms with E-state index in [-0.39, 0.29) is 12.4 Å². The molecule has 1 heterocycles. The molecule has 2 aromatic rings. The first kappa shape index (κ1) is 22.6. The lowest BCUT2D eigenvalue weighted by Gasteiger charge is -2.20. The number of esters is 1. The molecule has 1 fully saturated rings. The Labute approximate surface area is 187 Å². The standard InChI is InChI=1S/C25H29BrO4/c1-25(2,3)30-24(27)16-21-6-4-5-7-23(21)29-17-20-13-19(14-22(26)15-20)12-18-8-10-28-11-9-18/h4-7,12-15H,8-11,16-17H2,1-3H3. The van der Waals surface area contributed by atoms with Crippen LogP contribution >= 0.6 is 15.9 Å². The Morgan fingerprint density at radius 2 is 1.87 bits per heavy atom. The van der Waals surface area contributed by atoms with Crippen molar-refractivity contribution in [2.45, 2.75) is 52.2 Å². The van der Waals surface area contributed by atoms with Crippen LogP contribution in [0, 0.1) is 0 Å². The van der Waals surface area contributed by atoms with Crippen molar-refractivity contribution in [1.82, 2.24) is 0 Å². The van der Waals surface area contributed by atoms with E-state index < -0.39 is 5.60 Å². The van der Waals surface area contributed by atoms with Gasteiger partial charge in [-0.05, 0) is 69.0 Å². The first-order valence-corrected chi connectivity index (χ1v) is 11.1. The van der Waals surface area contributed by atoms with Gasteiger partial charge in [0, 0.05) is 10.0 Å². The third-order valence-electron chi connectivity index (χ3n) is 4.61. The summed E-state index contributed by atoms with van der Waals surface area (Å²) in [5.41, 5.74) is 3.95. The number of ether oxygens (including phenoxy) is 3. The molecule has 160 valence electrons. The van der Waals surface area contributed by atoms with Gasteiger partial charge in [0.1, 0.15) is 18.0 Å². The maximum Gasteiger partial charge on any atom is 0.310 e. The maximum atomic E-state index is 12.2. The number of benzene rings is 2. The van der Waals surface area contributed by atoms with Crippen LogP contribution in [0.15, 0.2) is 52.5 Å². The molecular weight excluding hydrogens is 444 g/mol. The Balaban J connectivity index is 1.69. The molecule has 30 heavy (non-hydrogen) atoms. The molecular formula is C25H29BrO4. The fraction of sp³-hybridized carbons (Fsp3) is 0.400. The van der Waals surface area contributed by atoms with Gasteiger partial charge >= 0.3 is 5.97 Å². The smallest absolute Gasteiger partial charge is 0.310 e. The van der Waals surface area contributed by atoms with E-state index >= 15 is 0 Å². The van der Waals surface area contributed by atoms with E-state index in [1.807, 2.05) is 45.0 Å². The van der Waals surface area contributed by atoms with E-state index in [2.05, 4.69) is 40.2 Å². The van der Waals surface area contributed by atoms with E-state index in [1.165, 1.54) is 5.57 Å². The summed E-state index contributed by atoms with van der Waals surface area (Å²) in [6, 6.07) is 13.9. The van der Waals surface area contributed by atoms with Crippen molar-refractivity contribution in [3.8, 4) is 5.75 Å². The molecule has 0 aromatic heterocycles. The lowest BCUT2D eigenvalue weighted by Crippen LogP contribution is -2.25. The van der Waals surface area contributed by atoms with Crippen molar-refractivity contribution in [3.63, 3.8) is 0 Å². The van der Waals surface area contributed by atoms with Gasteiger partial charge in [-0.2, -0.15) is 0 Å². The number of carbonyl (C=O) groups is 1. The molecule has 1 saturated heterocycles. The van der Waals surface area contributed by atoms with Gasteiger partial charge in [-0.3, -0.25) is 4.79 Å². The first-order chi connectivity index (χ1) is 14.3. The van der Waals surface area contributed by atoms with Crippen LogP contribution < -0.4 is 4.74 Å². The largest absolute Gasteiger partial charge is 0.489 e. The zero-order valence-corrected chi connectivity index (χ0v) is 19.5. The van der Waals surface area contributed by atoms with Crippen LogP contribution in [-0.4, -0.2) is 24.8 Å². The summed E-state index contributed by atoms with van der Waals surface area (Å²) in [4.78, 5) is 12.2. The summed E-state index contributed by atoms with van der Waals surface area (Å²) in [6.45, 7) is 7.62. The minimum absolute atomic E-state index is 0.186. The van der Waals surface area contributed by atoms with Crippen molar-refractivity contribution in [1.29, 1.82) is 0 Å². The monoisotopic (exact) mass is 472 g/mol. The molecule has 0 spiro atoms. The number of para-hydroxylation sites is 1. The topological polar surface area (TPSA) is 44.8 Å². The predicted molar refractivity (Wildman–Crippen MR) is 122 cm³/mol. The van der Waals surface area contributed by atoms with Crippen LogP contribution in [-0.2, 0) is 27.3 Å². The quantitative estimate of drug-likeness (QED) is 0.475. The molecule has 1 aliphatic heterocycles. The van der Waals surface area contributed by atoms with Crippen LogP contribution in [0.5, 0.6) is 5.75 Å². The van der Waals surface area contributed by atoms with Crippen molar-refractivity contribution >= 4 is 28.0 Å². The Hall–Kier alpha value is -2.11. The summed E-state index contributed by atoms with van der Waals surface area (Å²) >= 11 is 3.61. The average Bonchev–Trinajstić information content (AvgIpc) is 2.66. The zero-order chi connectivity index (χ0) is 21.6. The lowest BCUT2D eigenvalue weighted by atomic mass is 10.0. The number of hydrogen-bond donors (Lipinski definition) is 0. The molecule has 0 N–H and O–H groups in total. The van der Waals surface area contributed by atoms with Gasteiger partial charge in [-0.15, -0.1) is 0 Å². The van der Waals surface area contributed by atoms with Crippen LogP contribution in [0.2, 0.25) is 0 Å². The molecule has 0 amide bonds. The number of hydrogen-bond acceptors (Lipinski definition) is 4. The van der Waals surface area contributed by atoms with Gasteiger partial charge < -0.3 is 14.2 Å². The first-order valence-electron chi connectivity index (χ1n) is 10.3. The SMILES string of the molecule is CC(C)(C)OC(=O)Cc1ccccc1OCc1cc(Br)cc(C=C2CCOCC2)c1.